The number of nitrogens with one attached hydrogen (secondary N) is 2. The van der Waals surface area contributed by atoms with Crippen LogP contribution in [0.5, 0.6) is 0 Å². The molecule has 3 rings (SSSR count). The molecule has 0 unspecified atom stereocenters. The molecule has 0 atom stereocenters. The van der Waals surface area contributed by atoms with Crippen LogP contribution in [0.4, 0.5) is 4.79 Å². The van der Waals surface area contributed by atoms with Gasteiger partial charge in [-0.25, -0.2) is 9.48 Å². The fourth-order valence-corrected chi connectivity index (χ4v) is 3.32. The van der Waals surface area contributed by atoms with Crippen LogP contribution in [0.3, 0.4) is 0 Å². The Hall–Kier alpha value is -2.71. The van der Waals surface area contributed by atoms with Gasteiger partial charge in [-0.3, -0.25) is 19.8 Å². The molecule has 1 saturated carbocycles. The Morgan fingerprint density at radius 3 is 2.64 bits per heavy atom. The first-order valence-electron chi connectivity index (χ1n) is 8.53. The Bertz CT molecular complexity index is 766. The van der Waals surface area contributed by atoms with Gasteiger partial charge in [-0.05, 0) is 25.3 Å². The van der Waals surface area contributed by atoms with Gasteiger partial charge in [0, 0.05) is 12.6 Å². The van der Waals surface area contributed by atoms with E-state index in [1.54, 1.807) is 0 Å². The summed E-state index contributed by atoms with van der Waals surface area (Å²) in [6.07, 6.45) is 4.58. The van der Waals surface area contributed by atoms with Gasteiger partial charge in [-0.2, -0.15) is 10.1 Å². The summed E-state index contributed by atoms with van der Waals surface area (Å²) < 4.78 is 1.18. The van der Waals surface area contributed by atoms with E-state index in [9.17, 15) is 19.2 Å². The van der Waals surface area contributed by atoms with Crippen molar-refractivity contribution in [3.05, 3.63) is 28.2 Å². The molecule has 1 aliphatic carbocycles. The Morgan fingerprint density at radius 1 is 1.24 bits per heavy atom. The predicted molar refractivity (Wildman–Crippen MR) is 87.4 cm³/mol. The largest absolute Gasteiger partial charge is 0.344 e. The third-order valence-corrected chi connectivity index (χ3v) is 4.62. The third-order valence-electron chi connectivity index (χ3n) is 4.62. The van der Waals surface area contributed by atoms with E-state index in [1.807, 2.05) is 6.92 Å². The van der Waals surface area contributed by atoms with Crippen LogP contribution in [0.2, 0.25) is 0 Å². The smallest absolute Gasteiger partial charge is 0.322 e. The van der Waals surface area contributed by atoms with Crippen LogP contribution < -0.4 is 16.3 Å². The summed E-state index contributed by atoms with van der Waals surface area (Å²) in [6.45, 7) is 2.27. The number of aromatic nitrogens is 2. The quantitative estimate of drug-likeness (QED) is 0.772. The average Bonchev–Trinajstić information content (AvgIpc) is 2.82. The van der Waals surface area contributed by atoms with E-state index in [1.165, 1.54) is 16.8 Å². The highest BCUT2D eigenvalue weighted by atomic mass is 16.2. The molecule has 2 heterocycles. The summed E-state index contributed by atoms with van der Waals surface area (Å²) in [5, 5.41) is 7.42. The fourth-order valence-electron chi connectivity index (χ4n) is 3.32. The highest BCUT2D eigenvalue weighted by Gasteiger charge is 2.52. The lowest BCUT2D eigenvalue weighted by Gasteiger charge is -2.30. The van der Waals surface area contributed by atoms with Crippen LogP contribution in [0.15, 0.2) is 16.9 Å². The molecule has 1 aromatic heterocycles. The zero-order valence-electron chi connectivity index (χ0n) is 14.1. The van der Waals surface area contributed by atoms with E-state index < -0.39 is 23.4 Å². The van der Waals surface area contributed by atoms with E-state index in [0.29, 0.717) is 25.8 Å². The second-order valence-corrected chi connectivity index (χ2v) is 6.43. The number of hydrogen-bond donors (Lipinski definition) is 2. The van der Waals surface area contributed by atoms with Gasteiger partial charge < -0.3 is 5.32 Å². The fraction of sp³-hybridized carbons (Fsp3) is 0.562. The molecule has 134 valence electrons. The van der Waals surface area contributed by atoms with E-state index in [2.05, 4.69) is 15.8 Å². The molecule has 0 radical (unpaired) electrons. The number of carbonyl (C=O) groups is 3. The number of urea groups is 1. The van der Waals surface area contributed by atoms with Crippen molar-refractivity contribution in [1.82, 2.24) is 25.5 Å². The lowest BCUT2D eigenvalue weighted by Crippen LogP contribution is -2.51. The number of aryl methyl sites for hydroxylation is 1. The summed E-state index contributed by atoms with van der Waals surface area (Å²) in [5.41, 5.74) is 1.06. The van der Waals surface area contributed by atoms with Crippen molar-refractivity contribution < 1.29 is 14.4 Å². The summed E-state index contributed by atoms with van der Waals surface area (Å²) in [5.74, 6) is -1.14. The summed E-state index contributed by atoms with van der Waals surface area (Å²) in [7, 11) is 0. The predicted octanol–water partition coefficient (Wildman–Crippen LogP) is 0.553. The number of amides is 4. The highest BCUT2D eigenvalue weighted by Crippen LogP contribution is 2.32. The molecule has 2 fully saturated rings. The first-order valence-corrected chi connectivity index (χ1v) is 8.53. The van der Waals surface area contributed by atoms with Crippen LogP contribution in [-0.2, 0) is 11.3 Å². The summed E-state index contributed by atoms with van der Waals surface area (Å²) in [4.78, 5) is 48.8. The van der Waals surface area contributed by atoms with Crippen LogP contribution in [0.1, 0.15) is 55.9 Å². The summed E-state index contributed by atoms with van der Waals surface area (Å²) >= 11 is 0. The monoisotopic (exact) mass is 347 g/mol. The molecule has 0 bridgehead atoms. The number of carbonyl (C=O) groups excluding carboxylic acids is 3. The summed E-state index contributed by atoms with van der Waals surface area (Å²) in [6, 6.07) is 1.88. The molecule has 1 saturated heterocycles. The molecule has 1 spiro atoms. The molecule has 1 aromatic rings. The number of hydrazine groups is 1. The lowest BCUT2D eigenvalue weighted by molar-refractivity contribution is -0.134. The average molecular weight is 347 g/mol. The van der Waals surface area contributed by atoms with Crippen molar-refractivity contribution in [2.45, 2.75) is 57.5 Å². The highest BCUT2D eigenvalue weighted by molar-refractivity contribution is 6.09. The van der Waals surface area contributed by atoms with Crippen molar-refractivity contribution in [2.24, 2.45) is 0 Å². The molecule has 9 heteroatoms. The van der Waals surface area contributed by atoms with Crippen LogP contribution in [-0.4, -0.2) is 38.2 Å². The molecule has 0 aromatic carbocycles. The van der Waals surface area contributed by atoms with Crippen molar-refractivity contribution in [2.75, 3.05) is 0 Å². The van der Waals surface area contributed by atoms with Crippen LogP contribution in [0.25, 0.3) is 0 Å². The first-order chi connectivity index (χ1) is 12.0. The minimum atomic E-state index is -0.906. The lowest BCUT2D eigenvalue weighted by atomic mass is 9.82. The van der Waals surface area contributed by atoms with Gasteiger partial charge in [0.1, 0.15) is 5.54 Å². The molecule has 4 amide bonds. The van der Waals surface area contributed by atoms with Gasteiger partial charge in [-0.1, -0.05) is 26.2 Å². The molecular weight excluding hydrogens is 326 g/mol. The van der Waals surface area contributed by atoms with Gasteiger partial charge in [0.15, 0.2) is 5.69 Å². The van der Waals surface area contributed by atoms with Gasteiger partial charge >= 0.3 is 6.03 Å². The zero-order chi connectivity index (χ0) is 18.0. The molecular formula is C16H21N5O4. The molecule has 1 aliphatic heterocycles. The normalized spacial score (nSPS) is 19.2. The van der Waals surface area contributed by atoms with E-state index in [4.69, 9.17) is 0 Å². The van der Waals surface area contributed by atoms with E-state index in [0.717, 1.165) is 24.3 Å². The minimum Gasteiger partial charge on any atom is -0.322 e. The van der Waals surface area contributed by atoms with E-state index in [-0.39, 0.29) is 11.3 Å². The van der Waals surface area contributed by atoms with Crippen LogP contribution >= 0.6 is 0 Å². The molecule has 2 aliphatic rings. The number of hydrogen-bond acceptors (Lipinski definition) is 5. The van der Waals surface area contributed by atoms with Crippen LogP contribution in [0, 0.1) is 0 Å². The van der Waals surface area contributed by atoms with E-state index >= 15 is 0 Å². The molecule has 2 N–H and O–H groups in total. The number of nitrogens with zero attached hydrogens (tertiary/aromatic N) is 3. The Kier molecular flexibility index (Phi) is 4.56. The topological polar surface area (TPSA) is 113 Å². The van der Waals surface area contributed by atoms with Gasteiger partial charge in [-0.15, -0.1) is 0 Å². The number of imide groups is 1. The maximum absolute atomic E-state index is 12.6. The second kappa shape index (κ2) is 6.66. The van der Waals surface area contributed by atoms with Crippen molar-refractivity contribution in [1.29, 1.82) is 0 Å². The maximum atomic E-state index is 12.6. The Balaban J connectivity index is 1.77. The molecule has 25 heavy (non-hydrogen) atoms. The van der Waals surface area contributed by atoms with Crippen molar-refractivity contribution in [3.8, 4) is 0 Å². The Labute approximate surface area is 144 Å². The first kappa shape index (κ1) is 17.1. The van der Waals surface area contributed by atoms with Crippen molar-refractivity contribution in [3.63, 3.8) is 0 Å². The Morgan fingerprint density at radius 2 is 1.96 bits per heavy atom. The number of rotatable bonds is 4. The van der Waals surface area contributed by atoms with Crippen molar-refractivity contribution >= 4 is 17.8 Å². The molecule has 9 nitrogen and oxygen atoms in total. The second-order valence-electron chi connectivity index (χ2n) is 6.43. The minimum absolute atomic E-state index is 0.0294. The van der Waals surface area contributed by atoms with Gasteiger partial charge in [0.05, 0.1) is 0 Å². The maximum Gasteiger partial charge on any atom is 0.344 e. The zero-order valence-corrected chi connectivity index (χ0v) is 14.1. The SMILES string of the molecule is CCCn1nc(C(=O)NN2C(=O)NC3(CCCCC3)C2=O)ccc1=O. The van der Waals surface area contributed by atoms with Gasteiger partial charge in [0.2, 0.25) is 0 Å². The standard InChI is InChI=1S/C16H21N5O4/c1-2-10-20-12(22)7-6-11(18-20)13(23)19-21-14(24)16(17-15(21)25)8-4-3-5-9-16/h6-7H,2-5,8-10H2,1H3,(H,17,25)(H,19,23). The van der Waals surface area contributed by atoms with Gasteiger partial charge in [0.25, 0.3) is 17.4 Å². The third kappa shape index (κ3) is 3.13.